The van der Waals surface area contributed by atoms with Gasteiger partial charge in [0, 0.05) is 6.42 Å². The zero-order chi connectivity index (χ0) is 19.2. The molecule has 144 valence electrons. The Morgan fingerprint density at radius 3 is 2.63 bits per heavy atom. The van der Waals surface area contributed by atoms with Gasteiger partial charge in [0.1, 0.15) is 19.0 Å². The van der Waals surface area contributed by atoms with Crippen molar-refractivity contribution in [3.63, 3.8) is 0 Å². The number of rotatable bonds is 7. The van der Waals surface area contributed by atoms with Gasteiger partial charge in [0.15, 0.2) is 11.5 Å². The van der Waals surface area contributed by atoms with Crippen molar-refractivity contribution in [1.29, 1.82) is 0 Å². The van der Waals surface area contributed by atoms with Gasteiger partial charge in [-0.1, -0.05) is 25.1 Å². The van der Waals surface area contributed by atoms with Crippen molar-refractivity contribution in [2.75, 3.05) is 20.3 Å². The molecule has 27 heavy (non-hydrogen) atoms. The Balaban J connectivity index is 1.58. The van der Waals surface area contributed by atoms with Gasteiger partial charge in [-0.05, 0) is 54.7 Å². The number of ether oxygens (including phenoxy) is 3. The third kappa shape index (κ3) is 4.73. The van der Waals surface area contributed by atoms with Crippen molar-refractivity contribution in [3.05, 3.63) is 53.1 Å². The van der Waals surface area contributed by atoms with E-state index in [4.69, 9.17) is 14.2 Å². The number of benzene rings is 2. The minimum absolute atomic E-state index is 0.00220. The number of hydrogen-bond acceptors (Lipinski definition) is 4. The second-order valence-electron chi connectivity index (χ2n) is 6.74. The molecule has 1 aliphatic rings. The highest BCUT2D eigenvalue weighted by Crippen LogP contribution is 2.31. The molecule has 1 atom stereocenters. The minimum atomic E-state index is 0.00220. The Hall–Kier alpha value is -2.69. The van der Waals surface area contributed by atoms with Gasteiger partial charge < -0.3 is 19.5 Å². The van der Waals surface area contributed by atoms with E-state index in [-0.39, 0.29) is 11.9 Å². The highest BCUT2D eigenvalue weighted by molar-refractivity contribution is 5.76. The highest BCUT2D eigenvalue weighted by atomic mass is 16.6. The molecule has 0 radical (unpaired) electrons. The minimum Gasteiger partial charge on any atom is -0.496 e. The first-order valence-corrected chi connectivity index (χ1v) is 9.43. The molecule has 2 aromatic rings. The van der Waals surface area contributed by atoms with Gasteiger partial charge in [0.05, 0.1) is 13.2 Å². The average Bonchev–Trinajstić information content (AvgIpc) is 2.70. The number of methoxy groups -OCH3 is 1. The average molecular weight is 369 g/mol. The zero-order valence-electron chi connectivity index (χ0n) is 16.2. The summed E-state index contributed by atoms with van der Waals surface area (Å²) in [5.41, 5.74) is 3.24. The molecule has 3 rings (SSSR count). The number of amides is 1. The van der Waals surface area contributed by atoms with Crippen LogP contribution in [0.3, 0.4) is 0 Å². The molecule has 0 fully saturated rings. The molecule has 1 aliphatic heterocycles. The van der Waals surface area contributed by atoms with Crippen LogP contribution in [-0.4, -0.2) is 26.2 Å². The lowest BCUT2D eigenvalue weighted by Gasteiger charge is -2.20. The summed E-state index contributed by atoms with van der Waals surface area (Å²) in [6.07, 6.45) is 1.94. The monoisotopic (exact) mass is 369 g/mol. The van der Waals surface area contributed by atoms with Gasteiger partial charge in [-0.15, -0.1) is 0 Å². The molecule has 2 aromatic carbocycles. The second-order valence-corrected chi connectivity index (χ2v) is 6.74. The Morgan fingerprint density at radius 1 is 1.15 bits per heavy atom. The summed E-state index contributed by atoms with van der Waals surface area (Å²) in [5.74, 6) is 2.44. The molecule has 0 spiro atoms. The molecule has 1 unspecified atom stereocenters. The Kier molecular flexibility index (Phi) is 6.22. The van der Waals surface area contributed by atoms with Crippen molar-refractivity contribution >= 4 is 5.91 Å². The van der Waals surface area contributed by atoms with E-state index < -0.39 is 0 Å². The quantitative estimate of drug-likeness (QED) is 0.802. The number of hydrogen-bond donors (Lipinski definition) is 1. The number of carbonyl (C=O) groups is 1. The molecule has 5 heteroatoms. The first-order valence-electron chi connectivity index (χ1n) is 9.43. The highest BCUT2D eigenvalue weighted by Gasteiger charge is 2.15. The molecule has 1 amide bonds. The molecular weight excluding hydrogens is 342 g/mol. The van der Waals surface area contributed by atoms with Crippen LogP contribution in [0.4, 0.5) is 0 Å². The summed E-state index contributed by atoms with van der Waals surface area (Å²) in [6.45, 7) is 5.23. The van der Waals surface area contributed by atoms with Crippen LogP contribution in [0.15, 0.2) is 36.4 Å². The van der Waals surface area contributed by atoms with Crippen molar-refractivity contribution in [1.82, 2.24) is 5.32 Å². The predicted octanol–water partition coefficient (Wildman–Crippen LogP) is 3.97. The van der Waals surface area contributed by atoms with Crippen LogP contribution >= 0.6 is 0 Å². The number of fused-ring (bicyclic) bond motifs is 1. The number of carbonyl (C=O) groups excluding carboxylic acids is 1. The predicted molar refractivity (Wildman–Crippen MR) is 105 cm³/mol. The number of aryl methyl sites for hydroxylation is 2. The fraction of sp³-hybridized carbons (Fsp3) is 0.409. The van der Waals surface area contributed by atoms with E-state index in [1.807, 2.05) is 37.3 Å². The van der Waals surface area contributed by atoms with Crippen LogP contribution in [0.1, 0.15) is 42.5 Å². The SMILES string of the molecule is CCC(NC(=O)CCc1ccc2c(c1)OCCO2)c1ccc(OC)c(C)c1. The summed E-state index contributed by atoms with van der Waals surface area (Å²) >= 11 is 0. The standard InChI is InChI=1S/C22H27NO4/c1-4-18(17-7-9-19(25-3)15(2)13-17)23-22(24)10-6-16-5-8-20-21(14-16)27-12-11-26-20/h5,7-9,13-14,18H,4,6,10-12H2,1-3H3,(H,23,24). The molecule has 0 aromatic heterocycles. The van der Waals surface area contributed by atoms with E-state index in [0.717, 1.165) is 40.4 Å². The molecule has 0 saturated heterocycles. The smallest absolute Gasteiger partial charge is 0.220 e. The summed E-state index contributed by atoms with van der Waals surface area (Å²) in [4.78, 5) is 12.5. The van der Waals surface area contributed by atoms with Crippen LogP contribution in [-0.2, 0) is 11.2 Å². The van der Waals surface area contributed by atoms with Crippen LogP contribution < -0.4 is 19.5 Å². The topological polar surface area (TPSA) is 56.8 Å². The molecule has 0 aliphatic carbocycles. The van der Waals surface area contributed by atoms with E-state index in [1.165, 1.54) is 0 Å². The first-order chi connectivity index (χ1) is 13.1. The summed E-state index contributed by atoms with van der Waals surface area (Å²) in [5, 5.41) is 3.14. The maximum Gasteiger partial charge on any atom is 0.220 e. The van der Waals surface area contributed by atoms with Gasteiger partial charge in [-0.25, -0.2) is 0 Å². The lowest BCUT2D eigenvalue weighted by Crippen LogP contribution is -2.28. The van der Waals surface area contributed by atoms with Crippen LogP contribution in [0.5, 0.6) is 17.2 Å². The van der Waals surface area contributed by atoms with E-state index in [0.29, 0.717) is 26.1 Å². The Labute approximate surface area is 160 Å². The summed E-state index contributed by atoms with van der Waals surface area (Å²) in [7, 11) is 1.67. The van der Waals surface area contributed by atoms with E-state index in [9.17, 15) is 4.79 Å². The molecular formula is C22H27NO4. The fourth-order valence-corrected chi connectivity index (χ4v) is 3.31. The van der Waals surface area contributed by atoms with Gasteiger partial charge in [-0.3, -0.25) is 4.79 Å². The van der Waals surface area contributed by atoms with Gasteiger partial charge in [0.25, 0.3) is 0 Å². The van der Waals surface area contributed by atoms with Gasteiger partial charge in [-0.2, -0.15) is 0 Å². The zero-order valence-corrected chi connectivity index (χ0v) is 16.2. The molecule has 0 bridgehead atoms. The van der Waals surface area contributed by atoms with Gasteiger partial charge in [0.2, 0.25) is 5.91 Å². The van der Waals surface area contributed by atoms with Crippen LogP contribution in [0.25, 0.3) is 0 Å². The maximum atomic E-state index is 12.5. The third-order valence-electron chi connectivity index (χ3n) is 4.81. The molecule has 5 nitrogen and oxygen atoms in total. The molecule has 1 heterocycles. The third-order valence-corrected chi connectivity index (χ3v) is 4.81. The van der Waals surface area contributed by atoms with E-state index in [1.54, 1.807) is 7.11 Å². The van der Waals surface area contributed by atoms with Crippen molar-refractivity contribution < 1.29 is 19.0 Å². The lowest BCUT2D eigenvalue weighted by molar-refractivity contribution is -0.121. The molecule has 1 N–H and O–H groups in total. The van der Waals surface area contributed by atoms with Crippen LogP contribution in [0.2, 0.25) is 0 Å². The van der Waals surface area contributed by atoms with Crippen LogP contribution in [0, 0.1) is 6.92 Å². The maximum absolute atomic E-state index is 12.5. The second kappa shape index (κ2) is 8.80. The summed E-state index contributed by atoms with van der Waals surface area (Å²) < 4.78 is 16.5. The number of nitrogens with one attached hydrogen (secondary N) is 1. The van der Waals surface area contributed by atoms with Crippen molar-refractivity contribution in [2.24, 2.45) is 0 Å². The first kappa shape index (κ1) is 19.1. The fourth-order valence-electron chi connectivity index (χ4n) is 3.31. The largest absolute Gasteiger partial charge is 0.496 e. The lowest BCUT2D eigenvalue weighted by atomic mass is 10.0. The Morgan fingerprint density at radius 2 is 1.93 bits per heavy atom. The van der Waals surface area contributed by atoms with E-state index >= 15 is 0 Å². The normalized spacial score (nSPS) is 13.7. The van der Waals surface area contributed by atoms with Crippen molar-refractivity contribution in [3.8, 4) is 17.2 Å². The Bertz CT molecular complexity index is 803. The summed E-state index contributed by atoms with van der Waals surface area (Å²) in [6, 6.07) is 11.9. The molecule has 0 saturated carbocycles. The van der Waals surface area contributed by atoms with Gasteiger partial charge >= 0.3 is 0 Å². The van der Waals surface area contributed by atoms with E-state index in [2.05, 4.69) is 18.3 Å². The van der Waals surface area contributed by atoms with Crippen molar-refractivity contribution in [2.45, 2.75) is 39.2 Å².